The summed E-state index contributed by atoms with van der Waals surface area (Å²) >= 11 is 5.32. The largest absolute Gasteiger partial charge is 0.497 e. The molecule has 0 amide bonds. The van der Waals surface area contributed by atoms with Crippen LogP contribution in [-0.4, -0.2) is 30.2 Å². The van der Waals surface area contributed by atoms with Gasteiger partial charge >= 0.3 is 0 Å². The molecule has 0 aliphatic heterocycles. The fraction of sp³-hybridized carbons (Fsp3) is 0.357. The summed E-state index contributed by atoms with van der Waals surface area (Å²) in [7, 11) is 1.60. The fourth-order valence-corrected chi connectivity index (χ4v) is 1.89. The van der Waals surface area contributed by atoms with Crippen molar-refractivity contribution in [2.75, 3.05) is 25.5 Å². The van der Waals surface area contributed by atoms with Crippen molar-refractivity contribution in [3.8, 4) is 17.9 Å². The van der Waals surface area contributed by atoms with E-state index in [2.05, 4.69) is 17.5 Å². The van der Waals surface area contributed by atoms with E-state index in [1.165, 1.54) is 0 Å². The molecule has 6 heteroatoms. The van der Waals surface area contributed by atoms with Gasteiger partial charge in [-0.15, -0.1) is 0 Å². The molecule has 104 valence electrons. The lowest BCUT2D eigenvalue weighted by Crippen LogP contribution is -2.36. The Morgan fingerprint density at radius 2 is 1.95 bits per heavy atom. The summed E-state index contributed by atoms with van der Waals surface area (Å²) in [6, 6.07) is 11.6. The zero-order chi connectivity index (χ0) is 14.8. The number of hydrogen-bond donors (Lipinski definition) is 1. The predicted octanol–water partition coefficient (Wildman–Crippen LogP) is 2.52. The van der Waals surface area contributed by atoms with E-state index in [0.717, 1.165) is 11.4 Å². The number of nitrogens with one attached hydrogen (secondary N) is 1. The van der Waals surface area contributed by atoms with Gasteiger partial charge in [0.25, 0.3) is 0 Å². The van der Waals surface area contributed by atoms with Gasteiger partial charge in [-0.1, -0.05) is 6.07 Å². The molecule has 1 aromatic carbocycles. The number of ether oxygens (including phenoxy) is 1. The first-order chi connectivity index (χ1) is 9.71. The Hall–Kier alpha value is -2.31. The van der Waals surface area contributed by atoms with Gasteiger partial charge in [0.1, 0.15) is 5.75 Å². The van der Waals surface area contributed by atoms with Crippen molar-refractivity contribution >= 4 is 23.0 Å². The summed E-state index contributed by atoms with van der Waals surface area (Å²) in [6.07, 6.45) is 0.733. The van der Waals surface area contributed by atoms with Crippen LogP contribution in [0.5, 0.6) is 5.75 Å². The fourth-order valence-electron chi connectivity index (χ4n) is 1.59. The van der Waals surface area contributed by atoms with E-state index >= 15 is 0 Å². The van der Waals surface area contributed by atoms with Gasteiger partial charge in [0.05, 0.1) is 32.1 Å². The number of anilines is 1. The van der Waals surface area contributed by atoms with Crippen LogP contribution in [0.25, 0.3) is 0 Å². The Labute approximate surface area is 124 Å². The molecule has 0 fully saturated rings. The molecule has 0 saturated heterocycles. The van der Waals surface area contributed by atoms with Crippen LogP contribution in [0.2, 0.25) is 0 Å². The Morgan fingerprint density at radius 1 is 1.30 bits per heavy atom. The van der Waals surface area contributed by atoms with Crippen LogP contribution in [0, 0.1) is 22.7 Å². The third-order valence-electron chi connectivity index (χ3n) is 2.60. The number of nitriles is 2. The maximum absolute atomic E-state index is 8.66. The van der Waals surface area contributed by atoms with Crippen molar-refractivity contribution in [3.63, 3.8) is 0 Å². The molecule has 0 atom stereocenters. The number of methoxy groups -OCH3 is 1. The summed E-state index contributed by atoms with van der Waals surface area (Å²) in [5, 5.41) is 20.9. The molecule has 0 aliphatic rings. The molecule has 0 aromatic heterocycles. The normalized spacial score (nSPS) is 9.15. The standard InChI is InChI=1S/C14H16N4OS/c1-19-13-6-2-5-12(11-13)17-14(20)18(9-3-7-15)10-4-8-16/h2,5-6,11H,3-4,9-10H2,1H3,(H,17,20). The zero-order valence-electron chi connectivity index (χ0n) is 11.3. The molecule has 0 saturated carbocycles. The minimum atomic E-state index is 0.366. The molecule has 1 rings (SSSR count). The molecule has 0 radical (unpaired) electrons. The van der Waals surface area contributed by atoms with E-state index in [0.29, 0.717) is 31.0 Å². The summed E-state index contributed by atoms with van der Waals surface area (Å²) in [4.78, 5) is 1.82. The highest BCUT2D eigenvalue weighted by atomic mass is 32.1. The van der Waals surface area contributed by atoms with Gasteiger partial charge in [-0.2, -0.15) is 10.5 Å². The third kappa shape index (κ3) is 5.13. The highest BCUT2D eigenvalue weighted by Gasteiger charge is 2.09. The van der Waals surface area contributed by atoms with Gasteiger partial charge in [-0.3, -0.25) is 0 Å². The number of benzene rings is 1. The second-order valence-electron chi connectivity index (χ2n) is 3.97. The van der Waals surface area contributed by atoms with Crippen LogP contribution in [-0.2, 0) is 0 Å². The molecule has 1 N–H and O–H groups in total. The highest BCUT2D eigenvalue weighted by Crippen LogP contribution is 2.17. The summed E-state index contributed by atoms with van der Waals surface area (Å²) < 4.78 is 5.14. The average molecular weight is 288 g/mol. The zero-order valence-corrected chi connectivity index (χ0v) is 12.1. The second-order valence-corrected chi connectivity index (χ2v) is 4.35. The molecular weight excluding hydrogens is 272 g/mol. The lowest BCUT2D eigenvalue weighted by molar-refractivity contribution is 0.415. The van der Waals surface area contributed by atoms with Gasteiger partial charge < -0.3 is 15.0 Å². The van der Waals surface area contributed by atoms with Crippen LogP contribution in [0.15, 0.2) is 24.3 Å². The smallest absolute Gasteiger partial charge is 0.173 e. The quantitative estimate of drug-likeness (QED) is 0.811. The van der Waals surface area contributed by atoms with Crippen molar-refractivity contribution in [2.24, 2.45) is 0 Å². The van der Waals surface area contributed by atoms with Gasteiger partial charge in [0.2, 0.25) is 0 Å². The topological polar surface area (TPSA) is 72.1 Å². The first kappa shape index (κ1) is 15.7. The van der Waals surface area contributed by atoms with Crippen molar-refractivity contribution in [1.82, 2.24) is 4.90 Å². The molecule has 0 spiro atoms. The lowest BCUT2D eigenvalue weighted by Gasteiger charge is -2.24. The summed E-state index contributed by atoms with van der Waals surface area (Å²) in [5.41, 5.74) is 0.813. The van der Waals surface area contributed by atoms with E-state index in [9.17, 15) is 0 Å². The molecule has 0 bridgehead atoms. The Bertz CT molecular complexity index is 515. The minimum absolute atomic E-state index is 0.366. The minimum Gasteiger partial charge on any atom is -0.497 e. The van der Waals surface area contributed by atoms with E-state index in [1.54, 1.807) is 7.11 Å². The lowest BCUT2D eigenvalue weighted by atomic mass is 10.3. The van der Waals surface area contributed by atoms with Crippen LogP contribution >= 0.6 is 12.2 Å². The van der Waals surface area contributed by atoms with Crippen molar-refractivity contribution in [1.29, 1.82) is 10.5 Å². The van der Waals surface area contributed by atoms with Crippen molar-refractivity contribution in [3.05, 3.63) is 24.3 Å². The molecular formula is C14H16N4OS. The third-order valence-corrected chi connectivity index (χ3v) is 2.96. The summed E-state index contributed by atoms with van der Waals surface area (Å²) in [6.45, 7) is 1.02. The molecule has 1 aromatic rings. The highest BCUT2D eigenvalue weighted by molar-refractivity contribution is 7.80. The molecule has 0 aliphatic carbocycles. The van der Waals surface area contributed by atoms with Crippen molar-refractivity contribution in [2.45, 2.75) is 12.8 Å². The Balaban J connectivity index is 2.68. The molecule has 0 heterocycles. The van der Waals surface area contributed by atoms with Crippen LogP contribution in [0.3, 0.4) is 0 Å². The number of nitrogens with zero attached hydrogens (tertiary/aromatic N) is 3. The van der Waals surface area contributed by atoms with Crippen LogP contribution in [0.1, 0.15) is 12.8 Å². The van der Waals surface area contributed by atoms with Gasteiger partial charge in [0, 0.05) is 24.8 Å². The number of rotatable bonds is 6. The monoisotopic (exact) mass is 288 g/mol. The maximum Gasteiger partial charge on any atom is 0.173 e. The van der Waals surface area contributed by atoms with Gasteiger partial charge in [-0.25, -0.2) is 0 Å². The first-order valence-corrected chi connectivity index (χ1v) is 6.56. The van der Waals surface area contributed by atoms with E-state index in [1.807, 2.05) is 29.2 Å². The van der Waals surface area contributed by atoms with E-state index in [4.69, 9.17) is 27.5 Å². The molecule has 5 nitrogen and oxygen atoms in total. The van der Waals surface area contributed by atoms with E-state index in [-0.39, 0.29) is 0 Å². The van der Waals surface area contributed by atoms with Crippen LogP contribution < -0.4 is 10.1 Å². The first-order valence-electron chi connectivity index (χ1n) is 6.15. The summed E-state index contributed by atoms with van der Waals surface area (Å²) in [5.74, 6) is 0.735. The predicted molar refractivity (Wildman–Crippen MR) is 81.2 cm³/mol. The SMILES string of the molecule is COc1cccc(NC(=S)N(CCC#N)CCC#N)c1. The molecule has 20 heavy (non-hydrogen) atoms. The number of thiocarbonyl (C=S) groups is 1. The van der Waals surface area contributed by atoms with Gasteiger partial charge in [0.15, 0.2) is 5.11 Å². The van der Waals surface area contributed by atoms with Crippen LogP contribution in [0.4, 0.5) is 5.69 Å². The maximum atomic E-state index is 8.66. The average Bonchev–Trinajstić information content (AvgIpc) is 2.47. The Kier molecular flexibility index (Phi) is 6.88. The van der Waals surface area contributed by atoms with Crippen molar-refractivity contribution < 1.29 is 4.74 Å². The second kappa shape index (κ2) is 8.73. The van der Waals surface area contributed by atoms with Gasteiger partial charge in [-0.05, 0) is 24.4 Å². The van der Waals surface area contributed by atoms with E-state index < -0.39 is 0 Å². The molecule has 0 unspecified atom stereocenters. The Morgan fingerprint density at radius 3 is 2.50 bits per heavy atom. The number of hydrogen-bond acceptors (Lipinski definition) is 4.